The molecule has 2 aromatic carbocycles. The molecule has 238 valence electrons. The molecule has 8 nitrogen and oxygen atoms in total. The number of carbonyl (C=O) groups excluding carboxylic acids is 1. The molecule has 3 saturated heterocycles. The van der Waals surface area contributed by atoms with E-state index in [-0.39, 0.29) is 41.4 Å². The third-order valence-electron chi connectivity index (χ3n) is 9.17. The van der Waals surface area contributed by atoms with Crippen molar-refractivity contribution >= 4 is 22.4 Å². The van der Waals surface area contributed by atoms with Crippen LogP contribution in [0.25, 0.3) is 0 Å². The van der Waals surface area contributed by atoms with Gasteiger partial charge in [-0.25, -0.2) is 17.5 Å². The summed E-state index contributed by atoms with van der Waals surface area (Å²) in [6, 6.07) is 7.04. The number of benzene rings is 2. The Morgan fingerprint density at radius 1 is 1.19 bits per heavy atom. The number of nitrogens with one attached hydrogen (secondary N) is 2. The standard InChI is InChI=1S/C31H43F3N4O4S/c1-31(2)16-20(13-14-42-31)27(19-5-7-21(32)8-6-19)29(35)30(39)37-26-12-11-25(33)28(34)24(26)10-9-23-17-36-22-4-3-15-43(40,41)38(23)18-22/h5-8,11-12,20,22-23,27,29,36,40-41H,3-4,9-10,13-18,35H2,1-2H3,(H,37,39)/t20?,22-,23+,27+,29+/m1/s1. The van der Waals surface area contributed by atoms with Crippen LogP contribution >= 0.6 is 10.8 Å². The summed E-state index contributed by atoms with van der Waals surface area (Å²) in [5.74, 6) is -3.26. The third kappa shape index (κ3) is 7.38. The molecule has 0 aromatic heterocycles. The maximum absolute atomic E-state index is 15.2. The van der Waals surface area contributed by atoms with Crippen molar-refractivity contribution in [3.63, 3.8) is 0 Å². The number of anilines is 1. The van der Waals surface area contributed by atoms with E-state index in [1.807, 2.05) is 13.8 Å². The van der Waals surface area contributed by atoms with Crippen LogP contribution in [0.2, 0.25) is 0 Å². The molecule has 6 atom stereocenters. The lowest BCUT2D eigenvalue weighted by Gasteiger charge is -2.49. The van der Waals surface area contributed by atoms with Crippen molar-refractivity contribution in [1.82, 2.24) is 9.62 Å². The molecule has 1 amide bonds. The normalized spacial score (nSPS) is 28.7. The molecule has 43 heavy (non-hydrogen) atoms. The van der Waals surface area contributed by atoms with Gasteiger partial charge in [-0.3, -0.25) is 13.9 Å². The van der Waals surface area contributed by atoms with Crippen LogP contribution in [0.1, 0.15) is 63.0 Å². The fraction of sp³-hybridized carbons (Fsp3) is 0.581. The van der Waals surface area contributed by atoms with Gasteiger partial charge < -0.3 is 21.1 Å². The molecule has 3 aliphatic heterocycles. The van der Waals surface area contributed by atoms with E-state index < -0.39 is 51.7 Å². The van der Waals surface area contributed by atoms with Crippen LogP contribution < -0.4 is 16.4 Å². The minimum absolute atomic E-state index is 0.000457. The first-order valence-electron chi connectivity index (χ1n) is 15.0. The predicted molar refractivity (Wildman–Crippen MR) is 162 cm³/mol. The largest absolute Gasteiger partial charge is 0.376 e. The summed E-state index contributed by atoms with van der Waals surface area (Å²) in [4.78, 5) is 13.7. The van der Waals surface area contributed by atoms with Gasteiger partial charge in [0, 0.05) is 48.9 Å². The molecule has 3 heterocycles. The number of carbonyl (C=O) groups is 1. The van der Waals surface area contributed by atoms with Gasteiger partial charge in [-0.2, -0.15) is 0 Å². The molecule has 3 fully saturated rings. The summed E-state index contributed by atoms with van der Waals surface area (Å²) in [5.41, 5.74) is 7.04. The van der Waals surface area contributed by atoms with Crippen molar-refractivity contribution in [3.8, 4) is 0 Å². The van der Waals surface area contributed by atoms with E-state index in [1.54, 1.807) is 16.4 Å². The Kier molecular flexibility index (Phi) is 9.77. The number of hydrogen-bond donors (Lipinski definition) is 5. The second-order valence-electron chi connectivity index (χ2n) is 12.7. The van der Waals surface area contributed by atoms with Gasteiger partial charge in [0.1, 0.15) is 5.82 Å². The molecular formula is C31H43F3N4O4S. The van der Waals surface area contributed by atoms with Crippen molar-refractivity contribution in [1.29, 1.82) is 0 Å². The number of fused-ring (bicyclic) bond motifs is 2. The number of hydrogen-bond acceptors (Lipinski definition) is 7. The second-order valence-corrected chi connectivity index (χ2v) is 14.9. The average molecular weight is 625 g/mol. The minimum atomic E-state index is -2.95. The van der Waals surface area contributed by atoms with Crippen molar-refractivity contribution in [2.75, 3.05) is 30.8 Å². The van der Waals surface area contributed by atoms with Crippen LogP contribution in [0.5, 0.6) is 0 Å². The molecule has 0 aliphatic carbocycles. The lowest BCUT2D eigenvalue weighted by molar-refractivity contribution is -0.119. The first-order valence-corrected chi connectivity index (χ1v) is 16.7. The van der Waals surface area contributed by atoms with E-state index >= 15 is 4.39 Å². The number of rotatable bonds is 8. The molecule has 0 spiro atoms. The number of nitrogens with two attached hydrogens (primary N) is 1. The maximum atomic E-state index is 15.2. The van der Waals surface area contributed by atoms with Gasteiger partial charge in [-0.1, -0.05) is 12.1 Å². The zero-order valence-electron chi connectivity index (χ0n) is 24.7. The quantitative estimate of drug-likeness (QED) is 0.267. The van der Waals surface area contributed by atoms with Gasteiger partial charge in [0.2, 0.25) is 5.91 Å². The first kappa shape index (κ1) is 32.2. The van der Waals surface area contributed by atoms with Crippen molar-refractivity contribution in [2.24, 2.45) is 11.7 Å². The first-order chi connectivity index (χ1) is 20.3. The number of piperazine rings is 1. The third-order valence-corrected chi connectivity index (χ3v) is 11.2. The molecule has 2 unspecified atom stereocenters. The Hall–Kier alpha value is -2.19. The minimum Gasteiger partial charge on any atom is -0.376 e. The molecule has 0 saturated carbocycles. The zero-order chi connectivity index (χ0) is 30.9. The highest BCUT2D eigenvalue weighted by molar-refractivity contribution is 8.22. The fourth-order valence-electron chi connectivity index (χ4n) is 6.96. The highest BCUT2D eigenvalue weighted by Gasteiger charge is 2.40. The monoisotopic (exact) mass is 624 g/mol. The molecule has 12 heteroatoms. The molecule has 0 radical (unpaired) electrons. The fourth-order valence-corrected chi connectivity index (χ4v) is 8.83. The molecule has 2 bridgehead atoms. The molecule has 2 aromatic rings. The van der Waals surface area contributed by atoms with Crippen LogP contribution in [0, 0.1) is 23.4 Å². The SMILES string of the molecule is CC1(C)CC([C@H](c2ccc(F)cc2)[C@H](N)C(=O)Nc2ccc(F)c(F)c2CC[C@H]2CN[C@@H]3CCCS(O)(O)N2C3)CCO1. The summed E-state index contributed by atoms with van der Waals surface area (Å²) in [6.45, 7) is 5.42. The highest BCUT2D eigenvalue weighted by atomic mass is 32.3. The number of ether oxygens (including phenoxy) is 1. The van der Waals surface area contributed by atoms with Crippen molar-refractivity contribution in [3.05, 3.63) is 65.0 Å². The molecule has 6 N–H and O–H groups in total. The van der Waals surface area contributed by atoms with Crippen molar-refractivity contribution < 1.29 is 31.8 Å². The Morgan fingerprint density at radius 3 is 2.65 bits per heavy atom. The van der Waals surface area contributed by atoms with Gasteiger partial charge in [0.15, 0.2) is 11.6 Å². The van der Waals surface area contributed by atoms with E-state index in [9.17, 15) is 22.7 Å². The van der Waals surface area contributed by atoms with Crippen LogP contribution in [-0.4, -0.2) is 68.5 Å². The second kappa shape index (κ2) is 13.0. The lowest BCUT2D eigenvalue weighted by atomic mass is 9.73. The maximum Gasteiger partial charge on any atom is 0.241 e. The van der Waals surface area contributed by atoms with Gasteiger partial charge in [0.05, 0.1) is 17.4 Å². The summed E-state index contributed by atoms with van der Waals surface area (Å²) >= 11 is 0. The topological polar surface area (TPSA) is 120 Å². The van der Waals surface area contributed by atoms with Crippen LogP contribution in [0.15, 0.2) is 36.4 Å². The summed E-state index contributed by atoms with van der Waals surface area (Å²) in [7, 11) is -2.95. The predicted octanol–water partition coefficient (Wildman–Crippen LogP) is 5.39. The van der Waals surface area contributed by atoms with Crippen LogP contribution in [0.3, 0.4) is 0 Å². The summed E-state index contributed by atoms with van der Waals surface area (Å²) < 4.78 is 72.6. The Morgan fingerprint density at radius 2 is 1.93 bits per heavy atom. The lowest BCUT2D eigenvalue weighted by Crippen LogP contribution is -2.55. The van der Waals surface area contributed by atoms with E-state index in [2.05, 4.69) is 10.6 Å². The van der Waals surface area contributed by atoms with Gasteiger partial charge in [0.25, 0.3) is 0 Å². The van der Waals surface area contributed by atoms with E-state index in [1.165, 1.54) is 18.2 Å². The Balaban J connectivity index is 1.36. The number of amides is 1. The van der Waals surface area contributed by atoms with Gasteiger partial charge in [-0.15, -0.1) is 10.8 Å². The van der Waals surface area contributed by atoms with E-state index in [0.29, 0.717) is 45.4 Å². The molecule has 3 aliphatic rings. The number of nitrogens with zero attached hydrogens (tertiary/aromatic N) is 1. The van der Waals surface area contributed by atoms with Crippen LogP contribution in [0.4, 0.5) is 18.9 Å². The summed E-state index contributed by atoms with van der Waals surface area (Å²) in [6.07, 6.45) is 3.22. The molecular weight excluding hydrogens is 581 g/mol. The van der Waals surface area contributed by atoms with E-state index in [4.69, 9.17) is 10.5 Å². The average Bonchev–Trinajstić information content (AvgIpc) is 3.07. The smallest absolute Gasteiger partial charge is 0.241 e. The highest BCUT2D eigenvalue weighted by Crippen LogP contribution is 2.49. The zero-order valence-corrected chi connectivity index (χ0v) is 25.5. The summed E-state index contributed by atoms with van der Waals surface area (Å²) in [5, 5.41) is 6.19. The van der Waals surface area contributed by atoms with Crippen molar-refractivity contribution in [2.45, 2.75) is 82.0 Å². The van der Waals surface area contributed by atoms with Gasteiger partial charge >= 0.3 is 0 Å². The van der Waals surface area contributed by atoms with E-state index in [0.717, 1.165) is 18.1 Å². The Bertz CT molecular complexity index is 1300. The molecule has 5 rings (SSSR count). The number of halogens is 3. The van der Waals surface area contributed by atoms with Gasteiger partial charge in [-0.05, 0) is 88.1 Å². The Labute approximate surface area is 253 Å². The van der Waals surface area contributed by atoms with Crippen LogP contribution in [-0.2, 0) is 16.0 Å².